The Morgan fingerprint density at radius 1 is 1.47 bits per heavy atom. The number of para-hydroxylation sites is 1. The standard InChI is InChI=1S/C11H15NO2S/c1-14-11-5-3-2-4-9(11)10-8-15(13)7-6-12-10/h2-5,10,12H,6-8H2,1H3. The van der Waals surface area contributed by atoms with Gasteiger partial charge in [0.25, 0.3) is 0 Å². The minimum atomic E-state index is -0.699. The van der Waals surface area contributed by atoms with Crippen molar-refractivity contribution < 1.29 is 8.95 Å². The molecule has 0 aliphatic carbocycles. The van der Waals surface area contributed by atoms with E-state index in [9.17, 15) is 4.21 Å². The van der Waals surface area contributed by atoms with Crippen molar-refractivity contribution in [2.24, 2.45) is 0 Å². The average Bonchev–Trinajstić information content (AvgIpc) is 2.29. The molecule has 1 aliphatic rings. The highest BCUT2D eigenvalue weighted by Crippen LogP contribution is 2.26. The van der Waals surface area contributed by atoms with Crippen LogP contribution in [0.1, 0.15) is 11.6 Å². The predicted molar refractivity (Wildman–Crippen MR) is 61.6 cm³/mol. The van der Waals surface area contributed by atoms with E-state index in [0.29, 0.717) is 5.75 Å². The molecule has 0 spiro atoms. The van der Waals surface area contributed by atoms with Crippen molar-refractivity contribution in [3.05, 3.63) is 29.8 Å². The third-order valence-corrected chi connectivity index (χ3v) is 3.95. The first kappa shape index (κ1) is 10.6. The molecule has 1 heterocycles. The van der Waals surface area contributed by atoms with Crippen LogP contribution in [0.4, 0.5) is 0 Å². The van der Waals surface area contributed by atoms with Crippen molar-refractivity contribution in [1.29, 1.82) is 0 Å². The lowest BCUT2D eigenvalue weighted by Gasteiger charge is -2.24. The number of hydrogen-bond donors (Lipinski definition) is 1. The van der Waals surface area contributed by atoms with E-state index in [1.807, 2.05) is 24.3 Å². The minimum Gasteiger partial charge on any atom is -0.496 e. The summed E-state index contributed by atoms with van der Waals surface area (Å²) in [6, 6.07) is 8.06. The van der Waals surface area contributed by atoms with E-state index in [1.165, 1.54) is 0 Å². The highest BCUT2D eigenvalue weighted by atomic mass is 32.2. The molecule has 1 fully saturated rings. The summed E-state index contributed by atoms with van der Waals surface area (Å²) in [5, 5.41) is 3.37. The molecule has 1 aliphatic heterocycles. The Hall–Kier alpha value is -0.870. The predicted octanol–water partition coefficient (Wildman–Crippen LogP) is 1.09. The summed E-state index contributed by atoms with van der Waals surface area (Å²) in [5.74, 6) is 2.31. The van der Waals surface area contributed by atoms with Gasteiger partial charge in [-0.3, -0.25) is 4.21 Å². The molecule has 0 radical (unpaired) electrons. The molecule has 1 aromatic carbocycles. The van der Waals surface area contributed by atoms with Gasteiger partial charge in [-0.05, 0) is 6.07 Å². The first-order valence-electron chi connectivity index (χ1n) is 5.02. The van der Waals surface area contributed by atoms with Crippen LogP contribution in [-0.2, 0) is 10.8 Å². The second kappa shape index (κ2) is 4.77. The van der Waals surface area contributed by atoms with Crippen molar-refractivity contribution in [2.45, 2.75) is 6.04 Å². The molecule has 3 nitrogen and oxygen atoms in total. The Balaban J connectivity index is 2.24. The summed E-state index contributed by atoms with van der Waals surface area (Å²) in [6.07, 6.45) is 0. The lowest BCUT2D eigenvalue weighted by Crippen LogP contribution is -2.36. The maximum Gasteiger partial charge on any atom is 0.123 e. The summed E-state index contributed by atoms with van der Waals surface area (Å²) >= 11 is 0. The molecule has 0 saturated carbocycles. The van der Waals surface area contributed by atoms with Crippen LogP contribution in [0.2, 0.25) is 0 Å². The second-order valence-electron chi connectivity index (χ2n) is 3.56. The number of hydrogen-bond acceptors (Lipinski definition) is 3. The smallest absolute Gasteiger partial charge is 0.123 e. The number of ether oxygens (including phenoxy) is 1. The van der Waals surface area contributed by atoms with Crippen LogP contribution >= 0.6 is 0 Å². The maximum absolute atomic E-state index is 11.5. The highest BCUT2D eigenvalue weighted by Gasteiger charge is 2.21. The molecule has 1 N–H and O–H groups in total. The van der Waals surface area contributed by atoms with Crippen molar-refractivity contribution in [3.63, 3.8) is 0 Å². The van der Waals surface area contributed by atoms with Crippen LogP contribution in [0.3, 0.4) is 0 Å². The van der Waals surface area contributed by atoms with Crippen molar-refractivity contribution in [1.82, 2.24) is 5.32 Å². The van der Waals surface area contributed by atoms with Gasteiger partial charge in [0, 0.05) is 40.5 Å². The fourth-order valence-electron chi connectivity index (χ4n) is 1.83. The molecule has 2 rings (SSSR count). The summed E-state index contributed by atoms with van der Waals surface area (Å²) in [5.41, 5.74) is 1.10. The van der Waals surface area contributed by atoms with Crippen LogP contribution in [0.25, 0.3) is 0 Å². The molecule has 0 bridgehead atoms. The molecular formula is C11H15NO2S. The molecule has 82 valence electrons. The summed E-state index contributed by atoms with van der Waals surface area (Å²) < 4.78 is 16.8. The summed E-state index contributed by atoms with van der Waals surface area (Å²) in [4.78, 5) is 0. The topological polar surface area (TPSA) is 38.3 Å². The van der Waals surface area contributed by atoms with E-state index in [4.69, 9.17) is 4.74 Å². The quantitative estimate of drug-likeness (QED) is 0.818. The molecule has 4 heteroatoms. The number of benzene rings is 1. The fraction of sp³-hybridized carbons (Fsp3) is 0.455. The number of rotatable bonds is 2. The van der Waals surface area contributed by atoms with Gasteiger partial charge >= 0.3 is 0 Å². The Bertz CT molecular complexity index is 367. The molecule has 1 aromatic rings. The van der Waals surface area contributed by atoms with Crippen molar-refractivity contribution in [2.75, 3.05) is 25.2 Å². The molecule has 1 saturated heterocycles. The van der Waals surface area contributed by atoms with Gasteiger partial charge in [0.2, 0.25) is 0 Å². The zero-order valence-electron chi connectivity index (χ0n) is 8.73. The van der Waals surface area contributed by atoms with Gasteiger partial charge in [0.05, 0.1) is 7.11 Å². The molecule has 2 atom stereocenters. The van der Waals surface area contributed by atoms with E-state index in [1.54, 1.807) is 7.11 Å². The molecule has 2 unspecified atom stereocenters. The second-order valence-corrected chi connectivity index (χ2v) is 5.18. The Morgan fingerprint density at radius 3 is 3.00 bits per heavy atom. The molecular weight excluding hydrogens is 210 g/mol. The summed E-state index contributed by atoms with van der Waals surface area (Å²) in [7, 11) is 0.966. The van der Waals surface area contributed by atoms with E-state index in [2.05, 4.69) is 5.32 Å². The van der Waals surface area contributed by atoms with Gasteiger partial charge in [-0.15, -0.1) is 0 Å². The maximum atomic E-state index is 11.5. The Morgan fingerprint density at radius 2 is 2.27 bits per heavy atom. The lowest BCUT2D eigenvalue weighted by atomic mass is 10.1. The van der Waals surface area contributed by atoms with E-state index in [0.717, 1.165) is 23.6 Å². The van der Waals surface area contributed by atoms with Gasteiger partial charge in [-0.25, -0.2) is 0 Å². The van der Waals surface area contributed by atoms with Gasteiger partial charge in [0.15, 0.2) is 0 Å². The average molecular weight is 225 g/mol. The largest absolute Gasteiger partial charge is 0.496 e. The van der Waals surface area contributed by atoms with Crippen molar-refractivity contribution in [3.8, 4) is 5.75 Å². The van der Waals surface area contributed by atoms with E-state index in [-0.39, 0.29) is 6.04 Å². The zero-order chi connectivity index (χ0) is 10.7. The number of methoxy groups -OCH3 is 1. The Labute approximate surface area is 92.3 Å². The normalized spacial score (nSPS) is 26.2. The van der Waals surface area contributed by atoms with Gasteiger partial charge in [-0.2, -0.15) is 0 Å². The van der Waals surface area contributed by atoms with E-state index < -0.39 is 10.8 Å². The van der Waals surface area contributed by atoms with Crippen LogP contribution in [-0.4, -0.2) is 29.4 Å². The van der Waals surface area contributed by atoms with E-state index >= 15 is 0 Å². The lowest BCUT2D eigenvalue weighted by molar-refractivity contribution is 0.402. The first-order valence-corrected chi connectivity index (χ1v) is 6.51. The molecule has 0 amide bonds. The van der Waals surface area contributed by atoms with Crippen LogP contribution in [0, 0.1) is 0 Å². The van der Waals surface area contributed by atoms with Crippen LogP contribution in [0.5, 0.6) is 5.75 Å². The van der Waals surface area contributed by atoms with Gasteiger partial charge in [0.1, 0.15) is 5.75 Å². The first-order chi connectivity index (χ1) is 7.31. The zero-order valence-corrected chi connectivity index (χ0v) is 9.55. The highest BCUT2D eigenvalue weighted by molar-refractivity contribution is 7.85. The van der Waals surface area contributed by atoms with Gasteiger partial charge in [-0.1, -0.05) is 18.2 Å². The van der Waals surface area contributed by atoms with Gasteiger partial charge < -0.3 is 10.1 Å². The minimum absolute atomic E-state index is 0.163. The fourth-order valence-corrected chi connectivity index (χ4v) is 3.01. The third-order valence-electron chi connectivity index (χ3n) is 2.59. The molecule has 15 heavy (non-hydrogen) atoms. The number of nitrogens with one attached hydrogen (secondary N) is 1. The monoisotopic (exact) mass is 225 g/mol. The summed E-state index contributed by atoms with van der Waals surface area (Å²) in [6.45, 7) is 0.815. The van der Waals surface area contributed by atoms with Crippen LogP contribution < -0.4 is 10.1 Å². The molecule has 0 aromatic heterocycles. The van der Waals surface area contributed by atoms with Crippen LogP contribution in [0.15, 0.2) is 24.3 Å². The van der Waals surface area contributed by atoms with Crippen molar-refractivity contribution >= 4 is 10.8 Å². The Kier molecular flexibility index (Phi) is 3.38. The third kappa shape index (κ3) is 2.38. The SMILES string of the molecule is COc1ccccc1C1CS(=O)CCN1.